The van der Waals surface area contributed by atoms with Crippen LogP contribution in [0.15, 0.2) is 53.6 Å². The van der Waals surface area contributed by atoms with E-state index in [1.807, 2.05) is 30.3 Å². The minimum absolute atomic E-state index is 0.0931. The Morgan fingerprint density at radius 1 is 1.25 bits per heavy atom. The highest BCUT2D eigenvalue weighted by Crippen LogP contribution is 2.25. The van der Waals surface area contributed by atoms with Crippen molar-refractivity contribution in [1.29, 1.82) is 0 Å². The van der Waals surface area contributed by atoms with E-state index in [0.29, 0.717) is 17.0 Å². The van der Waals surface area contributed by atoms with E-state index in [2.05, 4.69) is 15.3 Å². The molecule has 2 N–H and O–H groups in total. The number of nitrogens with one attached hydrogen (secondary N) is 2. The number of aromatic amines is 1. The average Bonchev–Trinajstić information content (AvgIpc) is 2.48. The van der Waals surface area contributed by atoms with Crippen LogP contribution >= 0.6 is 0 Å². The molecule has 0 radical (unpaired) electrons. The summed E-state index contributed by atoms with van der Waals surface area (Å²) in [5.74, 6) is 1.30. The first-order valence-corrected chi connectivity index (χ1v) is 6.15. The number of H-pyrrole nitrogens is 1. The van der Waals surface area contributed by atoms with Crippen molar-refractivity contribution in [2.24, 2.45) is 0 Å². The second-order valence-electron chi connectivity index (χ2n) is 4.29. The van der Waals surface area contributed by atoms with Gasteiger partial charge in [-0.25, -0.2) is 4.98 Å². The summed E-state index contributed by atoms with van der Waals surface area (Å²) in [6.45, 7) is 0. The van der Waals surface area contributed by atoms with Gasteiger partial charge in [-0.3, -0.25) is 4.79 Å². The smallest absolute Gasteiger partial charge is 0.255 e. The molecule has 0 bridgehead atoms. The maximum absolute atomic E-state index is 11.6. The van der Waals surface area contributed by atoms with Crippen LogP contribution in [0, 0.1) is 0 Å². The van der Waals surface area contributed by atoms with Gasteiger partial charge in [0, 0.05) is 23.5 Å². The summed E-state index contributed by atoms with van der Waals surface area (Å²) in [6, 6.07) is 11.0. The quantitative estimate of drug-likeness (QED) is 0.765. The number of rotatable bonds is 3. The molecule has 0 unspecified atom stereocenters. The third kappa shape index (κ3) is 2.21. The van der Waals surface area contributed by atoms with Gasteiger partial charge in [-0.1, -0.05) is 0 Å². The molecule has 0 spiro atoms. The lowest BCUT2D eigenvalue weighted by molar-refractivity contribution is 0.415. The van der Waals surface area contributed by atoms with Crippen molar-refractivity contribution in [3.05, 3.63) is 59.1 Å². The first kappa shape index (κ1) is 12.2. The van der Waals surface area contributed by atoms with Crippen molar-refractivity contribution in [3.63, 3.8) is 0 Å². The van der Waals surface area contributed by atoms with Crippen LogP contribution in [0.1, 0.15) is 0 Å². The van der Waals surface area contributed by atoms with Gasteiger partial charge in [-0.2, -0.15) is 0 Å². The van der Waals surface area contributed by atoms with Crippen LogP contribution in [0.2, 0.25) is 0 Å². The lowest BCUT2D eigenvalue weighted by atomic mass is 10.1. The van der Waals surface area contributed by atoms with Gasteiger partial charge >= 0.3 is 0 Å². The second-order valence-corrected chi connectivity index (χ2v) is 4.29. The molecule has 0 fully saturated rings. The zero-order valence-electron chi connectivity index (χ0n) is 10.9. The third-order valence-electron chi connectivity index (χ3n) is 3.03. The second kappa shape index (κ2) is 5.05. The molecule has 0 aliphatic heterocycles. The molecule has 0 aliphatic carbocycles. The molecule has 100 valence electrons. The summed E-state index contributed by atoms with van der Waals surface area (Å²) in [4.78, 5) is 18.5. The summed E-state index contributed by atoms with van der Waals surface area (Å²) in [6.07, 6.45) is 3.33. The highest BCUT2D eigenvalue weighted by Gasteiger charge is 2.05. The van der Waals surface area contributed by atoms with Gasteiger partial charge in [0.25, 0.3) is 5.56 Å². The molecule has 2 heterocycles. The molecular weight excluding hydrogens is 254 g/mol. The van der Waals surface area contributed by atoms with Crippen molar-refractivity contribution in [1.82, 2.24) is 9.97 Å². The maximum atomic E-state index is 11.6. The highest BCUT2D eigenvalue weighted by molar-refractivity contribution is 5.85. The largest absolute Gasteiger partial charge is 0.493 e. The van der Waals surface area contributed by atoms with E-state index in [4.69, 9.17) is 4.74 Å². The summed E-state index contributed by atoms with van der Waals surface area (Å²) < 4.78 is 5.24. The molecule has 1 aromatic carbocycles. The van der Waals surface area contributed by atoms with E-state index in [0.717, 1.165) is 11.1 Å². The average molecular weight is 267 g/mol. The van der Waals surface area contributed by atoms with E-state index in [9.17, 15) is 4.79 Å². The molecule has 5 heteroatoms. The Morgan fingerprint density at radius 2 is 2.15 bits per heavy atom. The van der Waals surface area contributed by atoms with Gasteiger partial charge in [0.15, 0.2) is 11.6 Å². The van der Waals surface area contributed by atoms with E-state index >= 15 is 0 Å². The molecule has 0 saturated heterocycles. The number of methoxy groups -OCH3 is 1. The number of benzene rings is 1. The fourth-order valence-corrected chi connectivity index (χ4v) is 2.06. The van der Waals surface area contributed by atoms with Crippen LogP contribution in [-0.4, -0.2) is 17.1 Å². The van der Waals surface area contributed by atoms with Crippen molar-refractivity contribution in [2.45, 2.75) is 0 Å². The summed E-state index contributed by atoms with van der Waals surface area (Å²) in [7, 11) is 1.60. The minimum Gasteiger partial charge on any atom is -0.493 e. The van der Waals surface area contributed by atoms with Crippen molar-refractivity contribution < 1.29 is 4.74 Å². The fourth-order valence-electron chi connectivity index (χ4n) is 2.06. The Morgan fingerprint density at radius 3 is 3.00 bits per heavy atom. The molecule has 0 atom stereocenters. The Labute approximate surface area is 115 Å². The van der Waals surface area contributed by atoms with Crippen LogP contribution in [0.5, 0.6) is 5.75 Å². The monoisotopic (exact) mass is 267 g/mol. The number of fused-ring (bicyclic) bond motifs is 1. The van der Waals surface area contributed by atoms with Gasteiger partial charge in [0.1, 0.15) is 0 Å². The predicted molar refractivity (Wildman–Crippen MR) is 78.6 cm³/mol. The third-order valence-corrected chi connectivity index (χ3v) is 3.03. The van der Waals surface area contributed by atoms with Gasteiger partial charge in [0.05, 0.1) is 7.11 Å². The number of nitrogens with zero attached hydrogens (tertiary/aromatic N) is 1. The molecule has 0 amide bonds. The van der Waals surface area contributed by atoms with Gasteiger partial charge in [0.2, 0.25) is 0 Å². The topological polar surface area (TPSA) is 67.0 Å². The summed E-state index contributed by atoms with van der Waals surface area (Å²) >= 11 is 0. The van der Waals surface area contributed by atoms with Crippen LogP contribution in [0.3, 0.4) is 0 Å². The van der Waals surface area contributed by atoms with E-state index in [-0.39, 0.29) is 5.56 Å². The zero-order valence-corrected chi connectivity index (χ0v) is 10.9. The molecule has 3 aromatic rings. The molecule has 20 heavy (non-hydrogen) atoms. The summed E-state index contributed by atoms with van der Waals surface area (Å²) in [5, 5.41) is 4.71. The molecule has 3 rings (SSSR count). The summed E-state index contributed by atoms with van der Waals surface area (Å²) in [5.41, 5.74) is 0.754. The van der Waals surface area contributed by atoms with Crippen LogP contribution in [-0.2, 0) is 0 Å². The number of aromatic nitrogens is 2. The first-order chi connectivity index (χ1) is 9.78. The van der Waals surface area contributed by atoms with Crippen molar-refractivity contribution in [3.8, 4) is 5.75 Å². The Hall–Kier alpha value is -2.82. The number of ether oxygens (including phenoxy) is 1. The molecule has 0 aliphatic rings. The number of hydrogen-bond donors (Lipinski definition) is 2. The highest BCUT2D eigenvalue weighted by atomic mass is 16.5. The molecule has 0 saturated carbocycles. The van der Waals surface area contributed by atoms with Crippen LogP contribution in [0.25, 0.3) is 10.8 Å². The number of pyridine rings is 2. The lowest BCUT2D eigenvalue weighted by Gasteiger charge is -2.10. The first-order valence-electron chi connectivity index (χ1n) is 6.15. The van der Waals surface area contributed by atoms with E-state index < -0.39 is 0 Å². The molecular formula is C15H13N3O2. The standard InChI is InChI=1S/C15H13N3O2/c1-20-13-3-2-7-16-14(13)18-11-4-5-12-10(9-11)6-8-17-15(12)19/h2-9H,1H3,(H,16,18)(H,17,19). The lowest BCUT2D eigenvalue weighted by Crippen LogP contribution is -2.04. The Kier molecular flexibility index (Phi) is 3.09. The normalized spacial score (nSPS) is 10.4. The fraction of sp³-hybridized carbons (Fsp3) is 0.0667. The van der Waals surface area contributed by atoms with Crippen molar-refractivity contribution >= 4 is 22.3 Å². The SMILES string of the molecule is COc1cccnc1Nc1ccc2c(=O)[nH]ccc2c1. The van der Waals surface area contributed by atoms with E-state index in [1.165, 1.54) is 0 Å². The van der Waals surface area contributed by atoms with Gasteiger partial charge in [-0.05, 0) is 41.8 Å². The predicted octanol–water partition coefficient (Wildman–Crippen LogP) is 2.68. The van der Waals surface area contributed by atoms with Crippen LogP contribution < -0.4 is 15.6 Å². The van der Waals surface area contributed by atoms with Crippen LogP contribution in [0.4, 0.5) is 11.5 Å². The minimum atomic E-state index is -0.0931. The zero-order chi connectivity index (χ0) is 13.9. The maximum Gasteiger partial charge on any atom is 0.255 e. The number of anilines is 2. The van der Waals surface area contributed by atoms with Gasteiger partial charge in [-0.15, -0.1) is 0 Å². The Balaban J connectivity index is 2.01. The molecule has 2 aromatic heterocycles. The molecule has 5 nitrogen and oxygen atoms in total. The Bertz CT molecular complexity index is 811. The number of hydrogen-bond acceptors (Lipinski definition) is 4. The van der Waals surface area contributed by atoms with E-state index in [1.54, 1.807) is 25.6 Å². The van der Waals surface area contributed by atoms with Gasteiger partial charge < -0.3 is 15.0 Å². The van der Waals surface area contributed by atoms with Crippen molar-refractivity contribution in [2.75, 3.05) is 12.4 Å².